The van der Waals surface area contributed by atoms with Crippen LogP contribution in [0.1, 0.15) is 27.9 Å². The van der Waals surface area contributed by atoms with Crippen molar-refractivity contribution in [1.82, 2.24) is 14.7 Å². The summed E-state index contributed by atoms with van der Waals surface area (Å²) >= 11 is -2.40. The Kier molecular flexibility index (Phi) is 5.94. The van der Waals surface area contributed by atoms with Crippen molar-refractivity contribution in [3.05, 3.63) is 71.1 Å². The molecule has 3 rings (SSSR count). The molecule has 9 heteroatoms. The number of rotatable bonds is 7. The fraction of sp³-hybridized carbons (Fsp3) is 0.167. The Balaban J connectivity index is 1.88. The summed E-state index contributed by atoms with van der Waals surface area (Å²) in [6.45, 7) is 0.111. The molecule has 1 unspecified atom stereocenters. The van der Waals surface area contributed by atoms with Crippen LogP contribution in [0.4, 0.5) is 8.78 Å². The molecule has 0 saturated heterocycles. The van der Waals surface area contributed by atoms with E-state index >= 15 is 0 Å². The second-order valence-electron chi connectivity index (χ2n) is 5.72. The average Bonchev–Trinajstić information content (AvgIpc) is 2.66. The van der Waals surface area contributed by atoms with Crippen molar-refractivity contribution in [2.75, 3.05) is 6.54 Å². The van der Waals surface area contributed by atoms with Gasteiger partial charge >= 0.3 is 0 Å². The van der Waals surface area contributed by atoms with E-state index in [4.69, 9.17) is 0 Å². The van der Waals surface area contributed by atoms with Gasteiger partial charge in [0.2, 0.25) is 0 Å². The van der Waals surface area contributed by atoms with Crippen molar-refractivity contribution in [1.29, 1.82) is 0 Å². The molecule has 0 spiro atoms. The van der Waals surface area contributed by atoms with Crippen LogP contribution in [0.3, 0.4) is 0 Å². The Morgan fingerprint density at radius 3 is 2.59 bits per heavy atom. The summed E-state index contributed by atoms with van der Waals surface area (Å²) in [5.74, 6) is -2.69. The molecule has 6 nitrogen and oxygen atoms in total. The summed E-state index contributed by atoms with van der Waals surface area (Å²) < 4.78 is 52.0. The van der Waals surface area contributed by atoms with Gasteiger partial charge in [0.05, 0.1) is 16.6 Å². The highest BCUT2D eigenvalue weighted by Gasteiger charge is 2.22. The van der Waals surface area contributed by atoms with Crippen LogP contribution in [0.5, 0.6) is 0 Å². The summed E-state index contributed by atoms with van der Waals surface area (Å²) in [5.41, 5.74) is 0.597. The Morgan fingerprint density at radius 2 is 1.85 bits per heavy atom. The molecule has 3 aromatic rings. The van der Waals surface area contributed by atoms with Gasteiger partial charge in [-0.15, -0.1) is 0 Å². The number of ketones is 1. The number of nitrogens with one attached hydrogen (secondary N) is 1. The smallest absolute Gasteiger partial charge is 0.199 e. The van der Waals surface area contributed by atoms with E-state index in [-0.39, 0.29) is 24.1 Å². The lowest BCUT2D eigenvalue weighted by molar-refractivity contribution is 0.103. The summed E-state index contributed by atoms with van der Waals surface area (Å²) in [5, 5.41) is 0. The van der Waals surface area contributed by atoms with Gasteiger partial charge in [0.1, 0.15) is 11.6 Å². The van der Waals surface area contributed by atoms with E-state index in [0.717, 1.165) is 6.07 Å². The van der Waals surface area contributed by atoms with E-state index in [1.165, 1.54) is 30.6 Å². The minimum Gasteiger partial charge on any atom is -0.760 e. The molecule has 0 radical (unpaired) electrons. The SMILES string of the molecule is O=C(c1ccc2nccnc2c1)c1c(F)ccc(CCCNS(=O)[O-])c1F. The van der Waals surface area contributed by atoms with Gasteiger partial charge in [-0.25, -0.2) is 13.5 Å². The number of hydrogen-bond acceptors (Lipinski definition) is 5. The van der Waals surface area contributed by atoms with Crippen LogP contribution in [0.15, 0.2) is 42.7 Å². The molecule has 1 heterocycles. The third-order valence-corrected chi connectivity index (χ3v) is 4.41. The van der Waals surface area contributed by atoms with Gasteiger partial charge in [0, 0.05) is 35.8 Å². The maximum atomic E-state index is 14.7. The molecule has 27 heavy (non-hydrogen) atoms. The minimum absolute atomic E-state index is 0.0985. The van der Waals surface area contributed by atoms with Crippen LogP contribution < -0.4 is 4.72 Å². The summed E-state index contributed by atoms with van der Waals surface area (Å²) in [6, 6.07) is 6.72. The zero-order chi connectivity index (χ0) is 19.4. The molecule has 0 saturated carbocycles. The molecule has 0 fully saturated rings. The number of hydrogen-bond donors (Lipinski definition) is 1. The number of nitrogens with zero attached hydrogens (tertiary/aromatic N) is 2. The molecule has 0 aliphatic carbocycles. The maximum Gasteiger partial charge on any atom is 0.199 e. The monoisotopic (exact) mass is 390 g/mol. The molecule has 140 valence electrons. The standard InChI is InChI=1S/C18H15F2N3O3S/c19-13-5-3-11(2-1-7-23-27(25)26)17(20)16(13)18(24)12-4-6-14-15(10-12)22-9-8-21-14/h3-6,8-10,23H,1-2,7H2,(H,25,26)/p-1. The molecule has 0 aliphatic rings. The normalized spacial score (nSPS) is 12.3. The van der Waals surface area contributed by atoms with E-state index in [9.17, 15) is 22.3 Å². The van der Waals surface area contributed by atoms with Gasteiger partial charge in [0.15, 0.2) is 5.78 Å². The predicted octanol–water partition coefficient (Wildman–Crippen LogP) is 2.46. The molecule has 1 aromatic heterocycles. The van der Waals surface area contributed by atoms with E-state index in [2.05, 4.69) is 14.7 Å². The molecule has 1 atom stereocenters. The summed E-state index contributed by atoms with van der Waals surface area (Å²) in [6.07, 6.45) is 3.42. The Bertz CT molecular complexity index is 1030. The molecular weight excluding hydrogens is 376 g/mol. The van der Waals surface area contributed by atoms with Crippen LogP contribution in [-0.2, 0) is 17.7 Å². The van der Waals surface area contributed by atoms with E-state index in [1.807, 2.05) is 0 Å². The van der Waals surface area contributed by atoms with Crippen molar-refractivity contribution >= 4 is 28.1 Å². The minimum atomic E-state index is -2.40. The molecular formula is C18H14F2N3O3S-. The number of halogens is 2. The number of carbonyl (C=O) groups excluding carboxylic acids is 1. The van der Waals surface area contributed by atoms with E-state index < -0.39 is 34.2 Å². The fourth-order valence-electron chi connectivity index (χ4n) is 2.68. The van der Waals surface area contributed by atoms with Crippen LogP contribution in [0.25, 0.3) is 11.0 Å². The molecule has 2 aromatic carbocycles. The van der Waals surface area contributed by atoms with Crippen LogP contribution in [0.2, 0.25) is 0 Å². The molecule has 0 aliphatic heterocycles. The van der Waals surface area contributed by atoms with Gasteiger partial charge in [0.25, 0.3) is 0 Å². The second kappa shape index (κ2) is 8.38. The van der Waals surface area contributed by atoms with E-state index in [1.54, 1.807) is 6.07 Å². The zero-order valence-corrected chi connectivity index (χ0v) is 14.8. The largest absolute Gasteiger partial charge is 0.760 e. The number of aromatic nitrogens is 2. The summed E-state index contributed by atoms with van der Waals surface area (Å²) in [7, 11) is 0. The summed E-state index contributed by atoms with van der Waals surface area (Å²) in [4.78, 5) is 20.9. The quantitative estimate of drug-likeness (QED) is 0.380. The van der Waals surface area contributed by atoms with Crippen LogP contribution >= 0.6 is 0 Å². The first kappa shape index (κ1) is 19.2. The van der Waals surface area contributed by atoms with Crippen molar-refractivity contribution in [2.24, 2.45) is 0 Å². The number of benzene rings is 2. The van der Waals surface area contributed by atoms with Gasteiger partial charge < -0.3 is 4.55 Å². The van der Waals surface area contributed by atoms with Crippen molar-refractivity contribution in [2.45, 2.75) is 12.8 Å². The molecule has 0 bridgehead atoms. The first-order chi connectivity index (χ1) is 13.0. The van der Waals surface area contributed by atoms with Gasteiger partial charge in [-0.05, 0) is 42.7 Å². The Labute approximate surface area is 156 Å². The van der Waals surface area contributed by atoms with Crippen LogP contribution in [-0.4, -0.2) is 31.1 Å². The molecule has 1 N–H and O–H groups in total. The Hall–Kier alpha value is -2.62. The van der Waals surface area contributed by atoms with E-state index in [0.29, 0.717) is 17.5 Å². The topological polar surface area (TPSA) is 95.0 Å². The first-order valence-corrected chi connectivity index (χ1v) is 9.10. The number of aryl methyl sites for hydroxylation is 1. The lowest BCUT2D eigenvalue weighted by Crippen LogP contribution is -2.18. The highest BCUT2D eigenvalue weighted by molar-refractivity contribution is 7.77. The van der Waals surface area contributed by atoms with Crippen LogP contribution in [0, 0.1) is 11.6 Å². The lowest BCUT2D eigenvalue weighted by Gasteiger charge is -2.10. The van der Waals surface area contributed by atoms with Gasteiger partial charge in [-0.2, -0.15) is 0 Å². The Morgan fingerprint density at radius 1 is 1.11 bits per heavy atom. The van der Waals surface area contributed by atoms with Crippen molar-refractivity contribution < 1.29 is 22.3 Å². The lowest BCUT2D eigenvalue weighted by atomic mass is 9.97. The third kappa shape index (κ3) is 4.38. The molecule has 0 amide bonds. The average molecular weight is 390 g/mol. The number of carbonyl (C=O) groups is 1. The van der Waals surface area contributed by atoms with Crippen molar-refractivity contribution in [3.8, 4) is 0 Å². The number of fused-ring (bicyclic) bond motifs is 1. The maximum absolute atomic E-state index is 14.7. The van der Waals surface area contributed by atoms with Gasteiger partial charge in [-0.1, -0.05) is 6.07 Å². The zero-order valence-electron chi connectivity index (χ0n) is 13.9. The third-order valence-electron chi connectivity index (χ3n) is 3.97. The van der Waals surface area contributed by atoms with Gasteiger partial charge in [-0.3, -0.25) is 19.0 Å². The first-order valence-electron chi connectivity index (χ1n) is 8.02. The highest BCUT2D eigenvalue weighted by atomic mass is 32.2. The second-order valence-corrected chi connectivity index (χ2v) is 6.48. The highest BCUT2D eigenvalue weighted by Crippen LogP contribution is 2.23. The predicted molar refractivity (Wildman–Crippen MR) is 94.6 cm³/mol. The fourth-order valence-corrected chi connectivity index (χ4v) is 2.99. The van der Waals surface area contributed by atoms with Crippen molar-refractivity contribution in [3.63, 3.8) is 0 Å².